The van der Waals surface area contributed by atoms with E-state index in [0.717, 1.165) is 5.56 Å². The molecule has 1 aromatic rings. The van der Waals surface area contributed by atoms with E-state index >= 15 is 0 Å². The summed E-state index contributed by atoms with van der Waals surface area (Å²) in [7, 11) is -1.37. The predicted octanol–water partition coefficient (Wildman–Crippen LogP) is 5.48. The molecule has 1 N–H and O–H groups in total. The highest BCUT2D eigenvalue weighted by Crippen LogP contribution is 2.06. The molecule has 0 bridgehead atoms. The molecule has 1 unspecified atom stereocenters. The number of hydrogen-bond acceptors (Lipinski definition) is 2. The average molecular weight is 355 g/mol. The van der Waals surface area contributed by atoms with Crippen LogP contribution in [-0.4, -0.2) is 15.3 Å². The molecule has 0 saturated carbocycles. The van der Waals surface area contributed by atoms with E-state index < -0.39 is 15.8 Å². The molecule has 0 fully saturated rings. The molecule has 124 valence electrons. The van der Waals surface area contributed by atoms with Gasteiger partial charge in [-0.1, -0.05) is 82.4 Å². The molecule has 0 spiro atoms. The van der Waals surface area contributed by atoms with Crippen molar-refractivity contribution >= 4 is 40.4 Å². The minimum atomic E-state index is -1.37. The summed E-state index contributed by atoms with van der Waals surface area (Å²) < 4.78 is 11.5. The van der Waals surface area contributed by atoms with Crippen LogP contribution in [0.5, 0.6) is 0 Å². The first-order valence-electron chi connectivity index (χ1n) is 7.15. The first-order valence-corrected chi connectivity index (χ1v) is 9.17. The summed E-state index contributed by atoms with van der Waals surface area (Å²) in [5.74, 6) is 0. The van der Waals surface area contributed by atoms with Crippen LogP contribution in [0, 0.1) is 6.92 Å². The maximum absolute atomic E-state index is 11.5. The zero-order valence-electron chi connectivity index (χ0n) is 14.0. The van der Waals surface area contributed by atoms with E-state index in [9.17, 15) is 4.21 Å². The molecule has 0 aliphatic rings. The van der Waals surface area contributed by atoms with Gasteiger partial charge in [0, 0.05) is 0 Å². The van der Waals surface area contributed by atoms with E-state index in [0.29, 0.717) is 4.90 Å². The van der Waals surface area contributed by atoms with Crippen molar-refractivity contribution in [3.63, 3.8) is 0 Å². The van der Waals surface area contributed by atoms with Crippen LogP contribution in [-0.2, 0) is 11.0 Å². The van der Waals surface area contributed by atoms with Crippen LogP contribution < -0.4 is 4.83 Å². The number of benzene rings is 1. The molecule has 1 aromatic carbocycles. The highest BCUT2D eigenvalue weighted by molar-refractivity contribution is 7.83. The van der Waals surface area contributed by atoms with E-state index in [1.807, 2.05) is 60.6 Å². The van der Waals surface area contributed by atoms with Crippen LogP contribution in [0.4, 0.5) is 0 Å². The van der Waals surface area contributed by atoms with E-state index in [2.05, 4.69) is 9.93 Å². The molecule has 1 rings (SSSR count). The minimum Gasteiger partial charge on any atom is -0.230 e. The summed E-state index contributed by atoms with van der Waals surface area (Å²) in [5, 5.41) is 3.63. The molecule has 0 aliphatic carbocycles. The Morgan fingerprint density at radius 3 is 1.86 bits per heavy atom. The van der Waals surface area contributed by atoms with E-state index in [4.69, 9.17) is 23.2 Å². The number of hydrogen-bond donors (Lipinski definition) is 1. The van der Waals surface area contributed by atoms with E-state index in [-0.39, 0.29) is 0 Å². The molecule has 6 heteroatoms. The normalized spacial score (nSPS) is 10.4. The van der Waals surface area contributed by atoms with Crippen LogP contribution >= 0.6 is 23.2 Å². The Morgan fingerprint density at radius 2 is 1.48 bits per heavy atom. The Labute approximate surface area is 142 Å². The third-order valence-corrected chi connectivity index (χ3v) is 2.75. The largest absolute Gasteiger partial charge is 0.230 e. The van der Waals surface area contributed by atoms with Crippen molar-refractivity contribution in [2.24, 2.45) is 5.10 Å². The monoisotopic (exact) mass is 354 g/mol. The number of nitrogens with zero attached hydrogens (tertiary/aromatic N) is 1. The number of nitrogens with one attached hydrogen (secondary N) is 1. The topological polar surface area (TPSA) is 41.5 Å². The third kappa shape index (κ3) is 15.6. The Hall–Kier alpha value is -0.580. The van der Waals surface area contributed by atoms with Gasteiger partial charge < -0.3 is 0 Å². The van der Waals surface area contributed by atoms with Crippen molar-refractivity contribution in [1.29, 1.82) is 0 Å². The maximum Gasteiger partial charge on any atom is 0.166 e. The molecule has 21 heavy (non-hydrogen) atoms. The smallest absolute Gasteiger partial charge is 0.166 e. The van der Waals surface area contributed by atoms with Gasteiger partial charge in [-0.2, -0.15) is 5.10 Å². The van der Waals surface area contributed by atoms with Crippen molar-refractivity contribution in [2.45, 2.75) is 58.2 Å². The van der Waals surface area contributed by atoms with Gasteiger partial charge in [0.25, 0.3) is 0 Å². The first-order chi connectivity index (χ1) is 10.1. The highest BCUT2D eigenvalue weighted by atomic mass is 35.5. The van der Waals surface area contributed by atoms with Gasteiger partial charge in [-0.05, 0) is 19.1 Å². The summed E-state index contributed by atoms with van der Waals surface area (Å²) in [6.45, 7) is 14.0. The standard InChI is InChI=1S/C9H10Cl2N2OS.3C2H6/c1-7-2-4-8(5-3-7)15(14)13-12-6-9(10)11;3*1-2/h2-6,9,13H,1H3;3*1-2H3/b12-6-;;;. The van der Waals surface area contributed by atoms with Crippen LogP contribution in [0.2, 0.25) is 0 Å². The zero-order chi connectivity index (χ0) is 17.3. The summed E-state index contributed by atoms with van der Waals surface area (Å²) in [4.78, 5) is 2.37. The molecule has 0 aliphatic heterocycles. The average Bonchev–Trinajstić information content (AvgIpc) is 2.53. The SMILES string of the molecule is CC.CC.CC.Cc1ccc(S(=O)N/N=C\C(Cl)Cl)cc1. The fraction of sp³-hybridized carbons (Fsp3) is 0.533. The number of hydrazone groups is 1. The van der Waals surface area contributed by atoms with Crippen molar-refractivity contribution in [1.82, 2.24) is 4.83 Å². The predicted molar refractivity (Wildman–Crippen MR) is 98.8 cm³/mol. The van der Waals surface area contributed by atoms with Crippen molar-refractivity contribution < 1.29 is 4.21 Å². The Bertz CT molecular complexity index is 368. The van der Waals surface area contributed by atoms with Gasteiger partial charge in [0.1, 0.15) is 4.84 Å². The summed E-state index contributed by atoms with van der Waals surface area (Å²) >= 11 is 10.8. The Morgan fingerprint density at radius 1 is 1.05 bits per heavy atom. The van der Waals surface area contributed by atoms with Crippen LogP contribution in [0.1, 0.15) is 47.1 Å². The Kier molecular flexibility index (Phi) is 23.5. The van der Waals surface area contributed by atoms with Crippen LogP contribution in [0.3, 0.4) is 0 Å². The Balaban J connectivity index is -0.000000478. The first kappa shape index (κ1) is 25.4. The fourth-order valence-electron chi connectivity index (χ4n) is 0.849. The van der Waals surface area contributed by atoms with Crippen molar-refractivity contribution in [3.05, 3.63) is 29.8 Å². The minimum absolute atomic E-state index is 0.651. The molecule has 3 nitrogen and oxygen atoms in total. The fourth-order valence-corrected chi connectivity index (χ4v) is 1.61. The molecule has 1 atom stereocenters. The van der Waals surface area contributed by atoms with Gasteiger partial charge >= 0.3 is 0 Å². The summed E-state index contributed by atoms with van der Waals surface area (Å²) in [5.41, 5.74) is 1.11. The molecule has 0 aromatic heterocycles. The van der Waals surface area contributed by atoms with Crippen molar-refractivity contribution in [3.8, 4) is 0 Å². The lowest BCUT2D eigenvalue weighted by atomic mass is 10.2. The third-order valence-electron chi connectivity index (χ3n) is 1.56. The van der Waals surface area contributed by atoms with Gasteiger partial charge in [-0.15, -0.1) is 0 Å². The molecular weight excluding hydrogens is 327 g/mol. The maximum atomic E-state index is 11.5. The van der Waals surface area contributed by atoms with Gasteiger partial charge in [-0.3, -0.25) is 0 Å². The molecule has 0 heterocycles. The zero-order valence-corrected chi connectivity index (χ0v) is 16.3. The highest BCUT2D eigenvalue weighted by Gasteiger charge is 2.00. The number of aryl methyl sites for hydroxylation is 1. The molecule has 0 saturated heterocycles. The molecule has 0 radical (unpaired) electrons. The molecule has 0 amide bonds. The second kappa shape index (κ2) is 19.4. The second-order valence-electron chi connectivity index (χ2n) is 2.79. The van der Waals surface area contributed by atoms with E-state index in [1.54, 1.807) is 12.1 Å². The number of halogens is 2. The van der Waals surface area contributed by atoms with Crippen LogP contribution in [0.25, 0.3) is 0 Å². The lowest BCUT2D eigenvalue weighted by Gasteiger charge is -2.00. The quantitative estimate of drug-likeness (QED) is 0.434. The summed E-state index contributed by atoms with van der Waals surface area (Å²) in [6, 6.07) is 7.30. The number of alkyl halides is 2. The van der Waals surface area contributed by atoms with Gasteiger partial charge in [0.2, 0.25) is 0 Å². The van der Waals surface area contributed by atoms with Crippen LogP contribution in [0.15, 0.2) is 34.3 Å². The number of rotatable bonds is 4. The lowest BCUT2D eigenvalue weighted by Crippen LogP contribution is -2.11. The van der Waals surface area contributed by atoms with E-state index in [1.165, 1.54) is 6.21 Å². The summed E-state index contributed by atoms with van der Waals surface area (Å²) in [6.07, 6.45) is 1.26. The van der Waals surface area contributed by atoms with Gasteiger partial charge in [0.05, 0.1) is 11.1 Å². The lowest BCUT2D eigenvalue weighted by molar-refractivity contribution is 0.675. The molecular formula is C15H28Cl2N2OS. The van der Waals surface area contributed by atoms with Crippen molar-refractivity contribution in [2.75, 3.05) is 0 Å². The van der Waals surface area contributed by atoms with Gasteiger partial charge in [0.15, 0.2) is 11.0 Å². The second-order valence-corrected chi connectivity index (χ2v) is 5.14. The van der Waals surface area contributed by atoms with Gasteiger partial charge in [-0.25, -0.2) is 9.04 Å².